The Morgan fingerprint density at radius 1 is 1.32 bits per heavy atom. The standard InChI is InChI=1S/C13H12Br2N2OS/c1-7-2-10(14)12(11(15)3-7)17-5-9-4-8(6-19-9)13(16)18/h2-4,6,17H,5H2,1H3,(H2,16,18). The van der Waals surface area contributed by atoms with Crippen molar-refractivity contribution in [2.75, 3.05) is 5.32 Å². The molecule has 0 aliphatic heterocycles. The molecule has 0 saturated heterocycles. The number of rotatable bonds is 4. The molecular weight excluding hydrogens is 392 g/mol. The number of hydrogen-bond donors (Lipinski definition) is 2. The summed E-state index contributed by atoms with van der Waals surface area (Å²) >= 11 is 8.59. The Bertz CT molecular complexity index is 602. The van der Waals surface area contributed by atoms with Crippen LogP contribution in [0.2, 0.25) is 0 Å². The monoisotopic (exact) mass is 402 g/mol. The third kappa shape index (κ3) is 3.58. The van der Waals surface area contributed by atoms with Gasteiger partial charge in [0.2, 0.25) is 5.91 Å². The van der Waals surface area contributed by atoms with Crippen LogP contribution < -0.4 is 11.1 Å². The van der Waals surface area contributed by atoms with Gasteiger partial charge in [-0.1, -0.05) is 0 Å². The third-order valence-electron chi connectivity index (χ3n) is 2.56. The van der Waals surface area contributed by atoms with Crippen molar-refractivity contribution in [1.82, 2.24) is 0 Å². The second-order valence-electron chi connectivity index (χ2n) is 4.12. The van der Waals surface area contributed by atoms with Crippen molar-refractivity contribution in [3.05, 3.63) is 48.5 Å². The van der Waals surface area contributed by atoms with Crippen molar-refractivity contribution in [3.63, 3.8) is 0 Å². The summed E-state index contributed by atoms with van der Waals surface area (Å²) in [5.41, 5.74) is 7.97. The normalized spacial score (nSPS) is 10.5. The van der Waals surface area contributed by atoms with Gasteiger partial charge in [-0.2, -0.15) is 0 Å². The molecule has 0 bridgehead atoms. The number of aryl methyl sites for hydroxylation is 1. The molecule has 0 fully saturated rings. The van der Waals surface area contributed by atoms with Crippen LogP contribution in [-0.4, -0.2) is 5.91 Å². The Morgan fingerprint density at radius 3 is 2.47 bits per heavy atom. The average molecular weight is 404 g/mol. The van der Waals surface area contributed by atoms with Gasteiger partial charge in [0.25, 0.3) is 0 Å². The molecule has 0 radical (unpaired) electrons. The number of thiophene rings is 1. The SMILES string of the molecule is Cc1cc(Br)c(NCc2cc(C(N)=O)cs2)c(Br)c1. The van der Waals surface area contributed by atoms with Crippen LogP contribution >= 0.6 is 43.2 Å². The number of halogens is 2. The van der Waals surface area contributed by atoms with E-state index in [1.165, 1.54) is 16.9 Å². The zero-order chi connectivity index (χ0) is 14.0. The number of carbonyl (C=O) groups excluding carboxylic acids is 1. The fraction of sp³-hybridized carbons (Fsp3) is 0.154. The number of nitrogens with two attached hydrogens (primary N) is 1. The van der Waals surface area contributed by atoms with E-state index in [1.54, 1.807) is 5.38 Å². The van der Waals surface area contributed by atoms with Gasteiger partial charge in [-0.25, -0.2) is 0 Å². The first-order valence-corrected chi connectivity index (χ1v) is 8.00. The topological polar surface area (TPSA) is 55.1 Å². The highest BCUT2D eigenvalue weighted by Gasteiger charge is 2.08. The number of amides is 1. The second-order valence-corrected chi connectivity index (χ2v) is 6.83. The van der Waals surface area contributed by atoms with E-state index in [2.05, 4.69) is 49.3 Å². The van der Waals surface area contributed by atoms with E-state index in [0.29, 0.717) is 12.1 Å². The van der Waals surface area contributed by atoms with Gasteiger partial charge in [0, 0.05) is 25.7 Å². The molecular formula is C13H12Br2N2OS. The number of hydrogen-bond acceptors (Lipinski definition) is 3. The van der Waals surface area contributed by atoms with Gasteiger partial charge >= 0.3 is 0 Å². The van der Waals surface area contributed by atoms with Crippen LogP contribution in [0.4, 0.5) is 5.69 Å². The number of benzene rings is 1. The Balaban J connectivity index is 2.12. The predicted molar refractivity (Wildman–Crippen MR) is 86.7 cm³/mol. The number of nitrogens with one attached hydrogen (secondary N) is 1. The summed E-state index contributed by atoms with van der Waals surface area (Å²) in [4.78, 5) is 12.1. The highest BCUT2D eigenvalue weighted by atomic mass is 79.9. The van der Waals surface area contributed by atoms with E-state index < -0.39 is 0 Å². The van der Waals surface area contributed by atoms with Gasteiger partial charge in [0.15, 0.2) is 0 Å². The zero-order valence-corrected chi connectivity index (χ0v) is 14.2. The van der Waals surface area contributed by atoms with Crippen LogP contribution in [0.25, 0.3) is 0 Å². The highest BCUT2D eigenvalue weighted by molar-refractivity contribution is 9.11. The lowest BCUT2D eigenvalue weighted by atomic mass is 10.2. The molecule has 3 N–H and O–H groups in total. The zero-order valence-electron chi connectivity index (χ0n) is 10.2. The summed E-state index contributed by atoms with van der Waals surface area (Å²) in [6, 6.07) is 5.92. The average Bonchev–Trinajstić information content (AvgIpc) is 2.76. The number of carbonyl (C=O) groups is 1. The van der Waals surface area contributed by atoms with E-state index in [4.69, 9.17) is 5.73 Å². The van der Waals surface area contributed by atoms with Crippen LogP contribution in [0.3, 0.4) is 0 Å². The summed E-state index contributed by atoms with van der Waals surface area (Å²) in [5.74, 6) is -0.389. The maximum atomic E-state index is 11.0. The summed E-state index contributed by atoms with van der Waals surface area (Å²) in [6.45, 7) is 2.69. The highest BCUT2D eigenvalue weighted by Crippen LogP contribution is 2.33. The van der Waals surface area contributed by atoms with Crippen LogP contribution in [-0.2, 0) is 6.54 Å². The van der Waals surface area contributed by atoms with Crippen molar-refractivity contribution in [1.29, 1.82) is 0 Å². The van der Waals surface area contributed by atoms with E-state index >= 15 is 0 Å². The van der Waals surface area contributed by atoms with Crippen molar-refractivity contribution < 1.29 is 4.79 Å². The molecule has 0 aliphatic carbocycles. The fourth-order valence-corrected chi connectivity index (χ4v) is 4.16. The minimum absolute atomic E-state index is 0.389. The van der Waals surface area contributed by atoms with E-state index in [0.717, 1.165) is 19.5 Å². The lowest BCUT2D eigenvalue weighted by Gasteiger charge is -2.11. The number of anilines is 1. The Kier molecular flexibility index (Phi) is 4.65. The van der Waals surface area contributed by atoms with Crippen molar-refractivity contribution in [3.8, 4) is 0 Å². The minimum atomic E-state index is -0.389. The minimum Gasteiger partial charge on any atom is -0.378 e. The lowest BCUT2D eigenvalue weighted by Crippen LogP contribution is -2.09. The summed E-state index contributed by atoms with van der Waals surface area (Å²) in [6.07, 6.45) is 0. The summed E-state index contributed by atoms with van der Waals surface area (Å²) in [7, 11) is 0. The molecule has 0 aliphatic rings. The molecule has 1 aromatic heterocycles. The van der Waals surface area contributed by atoms with E-state index in [1.807, 2.05) is 13.0 Å². The maximum absolute atomic E-state index is 11.0. The Hall–Kier alpha value is -0.850. The van der Waals surface area contributed by atoms with Gasteiger partial charge in [0.05, 0.1) is 11.3 Å². The van der Waals surface area contributed by atoms with E-state index in [9.17, 15) is 4.79 Å². The first-order chi connectivity index (χ1) is 8.97. The summed E-state index contributed by atoms with van der Waals surface area (Å²) in [5, 5.41) is 5.12. The molecule has 0 unspecified atom stereocenters. The third-order valence-corrected chi connectivity index (χ3v) is 4.75. The van der Waals surface area contributed by atoms with Crippen molar-refractivity contribution in [2.45, 2.75) is 13.5 Å². The van der Waals surface area contributed by atoms with Gasteiger partial charge in [-0.05, 0) is 62.5 Å². The van der Waals surface area contributed by atoms with Crippen molar-refractivity contribution in [2.24, 2.45) is 5.73 Å². The van der Waals surface area contributed by atoms with Gasteiger partial charge < -0.3 is 11.1 Å². The van der Waals surface area contributed by atoms with Gasteiger partial charge in [0.1, 0.15) is 0 Å². The smallest absolute Gasteiger partial charge is 0.249 e. The molecule has 6 heteroatoms. The number of primary amides is 1. The quantitative estimate of drug-likeness (QED) is 0.799. The Morgan fingerprint density at radius 2 is 1.95 bits per heavy atom. The molecule has 3 nitrogen and oxygen atoms in total. The molecule has 19 heavy (non-hydrogen) atoms. The molecule has 0 spiro atoms. The van der Waals surface area contributed by atoms with Crippen LogP contribution in [0, 0.1) is 6.92 Å². The molecule has 0 saturated carbocycles. The van der Waals surface area contributed by atoms with E-state index in [-0.39, 0.29) is 5.91 Å². The largest absolute Gasteiger partial charge is 0.378 e. The molecule has 2 aromatic rings. The predicted octanol–water partition coefficient (Wildman–Crippen LogP) is 4.29. The molecule has 1 heterocycles. The first-order valence-electron chi connectivity index (χ1n) is 5.54. The summed E-state index contributed by atoms with van der Waals surface area (Å²) < 4.78 is 2.01. The molecule has 100 valence electrons. The van der Waals surface area contributed by atoms with Crippen LogP contribution in [0.5, 0.6) is 0 Å². The molecule has 1 aromatic carbocycles. The van der Waals surface area contributed by atoms with Gasteiger partial charge in [-0.3, -0.25) is 4.79 Å². The first kappa shape index (κ1) is 14.6. The lowest BCUT2D eigenvalue weighted by molar-refractivity contribution is 0.100. The molecule has 2 rings (SSSR count). The van der Waals surface area contributed by atoms with Crippen molar-refractivity contribution >= 4 is 54.8 Å². The van der Waals surface area contributed by atoms with Crippen LogP contribution in [0.1, 0.15) is 20.8 Å². The Labute approximate surface area is 132 Å². The van der Waals surface area contributed by atoms with Gasteiger partial charge in [-0.15, -0.1) is 11.3 Å². The second kappa shape index (κ2) is 6.07. The fourth-order valence-electron chi connectivity index (χ4n) is 1.65. The maximum Gasteiger partial charge on any atom is 0.249 e. The molecule has 0 atom stereocenters. The molecule has 1 amide bonds. The van der Waals surface area contributed by atoms with Crippen LogP contribution in [0.15, 0.2) is 32.5 Å².